The molecule has 1 rings (SSSR count). The first-order chi connectivity index (χ1) is 8.28. The summed E-state index contributed by atoms with van der Waals surface area (Å²) in [6.45, 7) is 6.51. The third-order valence-corrected chi connectivity index (χ3v) is 3.21. The number of rotatable bonds is 6. The summed E-state index contributed by atoms with van der Waals surface area (Å²) in [4.78, 5) is 8.61. The highest BCUT2D eigenvalue weighted by Crippen LogP contribution is 2.14. The number of primary sulfonamides is 1. The molecule has 0 amide bonds. The highest BCUT2D eigenvalue weighted by Gasteiger charge is 2.06. The van der Waals surface area contributed by atoms with E-state index >= 15 is 0 Å². The lowest BCUT2D eigenvalue weighted by molar-refractivity contribution is 0.595. The van der Waals surface area contributed by atoms with Crippen LogP contribution in [-0.2, 0) is 10.0 Å². The Morgan fingerprint density at radius 3 is 2.61 bits per heavy atom. The Morgan fingerprint density at radius 2 is 2.06 bits per heavy atom. The first-order valence-electron chi connectivity index (χ1n) is 5.88. The molecule has 0 bridgehead atoms. The number of nitrogens with one attached hydrogen (secondary N) is 1. The van der Waals surface area contributed by atoms with Crippen LogP contribution in [-0.4, -0.2) is 30.7 Å². The average Bonchev–Trinajstić information content (AvgIpc) is 2.22. The minimum absolute atomic E-state index is 0.0388. The van der Waals surface area contributed by atoms with Crippen LogP contribution in [0.2, 0.25) is 0 Å². The number of anilines is 1. The van der Waals surface area contributed by atoms with Gasteiger partial charge in [-0.3, -0.25) is 0 Å². The molecule has 0 aliphatic heterocycles. The number of nitrogens with two attached hydrogens (primary N) is 1. The lowest BCUT2D eigenvalue weighted by Gasteiger charge is -2.09. The topological polar surface area (TPSA) is 98.0 Å². The van der Waals surface area contributed by atoms with Crippen LogP contribution in [0, 0.1) is 6.92 Å². The second-order valence-corrected chi connectivity index (χ2v) is 6.29. The summed E-state index contributed by atoms with van der Waals surface area (Å²) in [5.41, 5.74) is 1.86. The second-order valence-electron chi connectivity index (χ2n) is 4.56. The summed E-state index contributed by atoms with van der Waals surface area (Å²) in [5.74, 6) is 0.827. The molecule has 0 radical (unpaired) electrons. The second kappa shape index (κ2) is 6.10. The first kappa shape index (κ1) is 14.8. The largest absolute Gasteiger partial charge is 0.354 e. The zero-order valence-electron chi connectivity index (χ0n) is 11.0. The molecule has 0 unspecified atom stereocenters. The summed E-state index contributed by atoms with van der Waals surface area (Å²) in [5, 5.41) is 7.93. The minimum atomic E-state index is -3.39. The summed E-state index contributed by atoms with van der Waals surface area (Å²) in [6.07, 6.45) is 0.438. The predicted molar refractivity (Wildman–Crippen MR) is 71.9 cm³/mol. The number of hydrogen-bond acceptors (Lipinski definition) is 5. The van der Waals surface area contributed by atoms with Gasteiger partial charge in [0.15, 0.2) is 0 Å². The Morgan fingerprint density at radius 1 is 1.39 bits per heavy atom. The van der Waals surface area contributed by atoms with Gasteiger partial charge in [-0.1, -0.05) is 13.8 Å². The lowest BCUT2D eigenvalue weighted by Crippen LogP contribution is -2.19. The van der Waals surface area contributed by atoms with Crippen LogP contribution in [0.15, 0.2) is 6.07 Å². The molecule has 0 saturated carbocycles. The molecule has 0 fully saturated rings. The molecule has 0 aromatic carbocycles. The van der Waals surface area contributed by atoms with Gasteiger partial charge in [0.25, 0.3) is 0 Å². The fourth-order valence-corrected chi connectivity index (χ4v) is 1.99. The highest BCUT2D eigenvalue weighted by molar-refractivity contribution is 7.89. The van der Waals surface area contributed by atoms with E-state index in [1.807, 2.05) is 13.0 Å². The standard InChI is InChI=1S/C11H20N4O2S/c1-8(2)10-7-9(3)14-11(15-10)13-5-4-6-18(12,16)17/h7-8H,4-6H2,1-3H3,(H2,12,16,17)(H,13,14,15). The monoisotopic (exact) mass is 272 g/mol. The van der Waals surface area contributed by atoms with Crippen LogP contribution in [0.3, 0.4) is 0 Å². The Hall–Kier alpha value is -1.21. The van der Waals surface area contributed by atoms with Gasteiger partial charge in [0.1, 0.15) is 0 Å². The number of sulfonamides is 1. The summed E-state index contributed by atoms with van der Waals surface area (Å²) in [7, 11) is -3.39. The fourth-order valence-electron chi connectivity index (χ4n) is 1.44. The van der Waals surface area contributed by atoms with Gasteiger partial charge in [0.2, 0.25) is 16.0 Å². The normalized spacial score (nSPS) is 11.8. The van der Waals surface area contributed by atoms with Crippen molar-refractivity contribution in [2.75, 3.05) is 17.6 Å². The zero-order valence-corrected chi connectivity index (χ0v) is 11.8. The lowest BCUT2D eigenvalue weighted by atomic mass is 10.1. The maximum absolute atomic E-state index is 10.8. The quantitative estimate of drug-likeness (QED) is 0.753. The zero-order chi connectivity index (χ0) is 13.8. The molecule has 0 saturated heterocycles. The van der Waals surface area contributed by atoms with Gasteiger partial charge in [0, 0.05) is 17.9 Å². The molecule has 3 N–H and O–H groups in total. The van der Waals surface area contributed by atoms with Crippen LogP contribution in [0.1, 0.15) is 37.6 Å². The molecule has 6 nitrogen and oxygen atoms in total. The van der Waals surface area contributed by atoms with Crippen molar-refractivity contribution in [3.05, 3.63) is 17.5 Å². The highest BCUT2D eigenvalue weighted by atomic mass is 32.2. The van der Waals surface area contributed by atoms with Crippen LogP contribution < -0.4 is 10.5 Å². The third kappa shape index (κ3) is 5.42. The van der Waals surface area contributed by atoms with E-state index < -0.39 is 10.0 Å². The third-order valence-electron chi connectivity index (χ3n) is 2.35. The van der Waals surface area contributed by atoms with E-state index in [0.717, 1.165) is 11.4 Å². The van der Waals surface area contributed by atoms with Crippen LogP contribution in [0.4, 0.5) is 5.95 Å². The molecule has 0 atom stereocenters. The van der Waals surface area contributed by atoms with Gasteiger partial charge in [-0.2, -0.15) is 0 Å². The van der Waals surface area contributed by atoms with Gasteiger partial charge in [-0.25, -0.2) is 23.5 Å². The number of aromatic nitrogens is 2. The van der Waals surface area contributed by atoms with Gasteiger partial charge in [0.05, 0.1) is 5.75 Å². The molecule has 0 aliphatic carbocycles. The minimum Gasteiger partial charge on any atom is -0.354 e. The van der Waals surface area contributed by atoms with Crippen LogP contribution in [0.5, 0.6) is 0 Å². The molecular formula is C11H20N4O2S. The van der Waals surface area contributed by atoms with Crippen molar-refractivity contribution in [3.8, 4) is 0 Å². The van der Waals surface area contributed by atoms with Crippen molar-refractivity contribution in [1.29, 1.82) is 0 Å². The SMILES string of the molecule is Cc1cc(C(C)C)nc(NCCCS(N)(=O)=O)n1. The molecule has 18 heavy (non-hydrogen) atoms. The Balaban J connectivity index is 2.57. The Labute approximate surface area is 108 Å². The summed E-state index contributed by atoms with van der Waals surface area (Å²) >= 11 is 0. The smallest absolute Gasteiger partial charge is 0.223 e. The molecule has 1 aromatic heterocycles. The van der Waals surface area contributed by atoms with Crippen molar-refractivity contribution in [2.45, 2.75) is 33.1 Å². The van der Waals surface area contributed by atoms with Gasteiger partial charge >= 0.3 is 0 Å². The molecule has 1 aromatic rings. The van der Waals surface area contributed by atoms with Gasteiger partial charge in [-0.15, -0.1) is 0 Å². The van der Waals surface area contributed by atoms with Gasteiger partial charge < -0.3 is 5.32 Å². The maximum atomic E-state index is 10.8. The molecule has 1 heterocycles. The van der Waals surface area contributed by atoms with Gasteiger partial charge in [-0.05, 0) is 25.3 Å². The van der Waals surface area contributed by atoms with E-state index in [-0.39, 0.29) is 5.75 Å². The van der Waals surface area contributed by atoms with E-state index in [9.17, 15) is 8.42 Å². The maximum Gasteiger partial charge on any atom is 0.223 e. The Kier molecular flexibility index (Phi) is 5.03. The summed E-state index contributed by atoms with van der Waals surface area (Å²) < 4.78 is 21.5. The van der Waals surface area contributed by atoms with Crippen molar-refractivity contribution < 1.29 is 8.42 Å². The van der Waals surface area contributed by atoms with E-state index in [1.54, 1.807) is 0 Å². The molecule has 0 aliphatic rings. The number of hydrogen-bond donors (Lipinski definition) is 2. The van der Waals surface area contributed by atoms with Crippen LogP contribution in [0.25, 0.3) is 0 Å². The van der Waals surface area contributed by atoms with Crippen molar-refractivity contribution in [1.82, 2.24) is 9.97 Å². The number of nitrogens with zero attached hydrogens (tertiary/aromatic N) is 2. The molecular weight excluding hydrogens is 252 g/mol. The Bertz CT molecular complexity index is 500. The average molecular weight is 272 g/mol. The fraction of sp³-hybridized carbons (Fsp3) is 0.636. The van der Waals surface area contributed by atoms with E-state index in [4.69, 9.17) is 5.14 Å². The molecule has 102 valence electrons. The molecule has 0 spiro atoms. The summed E-state index contributed by atoms with van der Waals surface area (Å²) in [6, 6.07) is 1.94. The van der Waals surface area contributed by atoms with Crippen molar-refractivity contribution in [3.63, 3.8) is 0 Å². The predicted octanol–water partition coefficient (Wildman–Crippen LogP) is 0.999. The van der Waals surface area contributed by atoms with E-state index in [2.05, 4.69) is 29.1 Å². The van der Waals surface area contributed by atoms with Crippen molar-refractivity contribution >= 4 is 16.0 Å². The van der Waals surface area contributed by atoms with Crippen LogP contribution >= 0.6 is 0 Å². The molecule has 7 heteroatoms. The van der Waals surface area contributed by atoms with E-state index in [1.165, 1.54) is 0 Å². The van der Waals surface area contributed by atoms with E-state index in [0.29, 0.717) is 24.8 Å². The van der Waals surface area contributed by atoms with Crippen molar-refractivity contribution in [2.24, 2.45) is 5.14 Å². The first-order valence-corrected chi connectivity index (χ1v) is 7.59. The number of aryl methyl sites for hydroxylation is 1.